The van der Waals surface area contributed by atoms with Gasteiger partial charge in [-0.15, -0.1) is 0 Å². The zero-order chi connectivity index (χ0) is 12.7. The molecule has 1 aliphatic rings. The number of nitrogens with zero attached hydrogens (tertiary/aromatic N) is 1. The molecule has 1 N–H and O–H groups in total. The fourth-order valence-corrected chi connectivity index (χ4v) is 2.22. The smallest absolute Gasteiger partial charge is 0.293 e. The van der Waals surface area contributed by atoms with E-state index in [9.17, 15) is 4.79 Å². The number of amides is 1. The summed E-state index contributed by atoms with van der Waals surface area (Å²) in [5, 5.41) is 3.09. The van der Waals surface area contributed by atoms with E-state index in [1.54, 1.807) is 18.2 Å². The van der Waals surface area contributed by atoms with Crippen LogP contribution in [0.4, 0.5) is 0 Å². The highest BCUT2D eigenvalue weighted by atomic mass is 35.5. The van der Waals surface area contributed by atoms with Gasteiger partial charge in [-0.2, -0.15) is 4.98 Å². The first-order valence-electron chi connectivity index (χ1n) is 6.00. The van der Waals surface area contributed by atoms with Gasteiger partial charge in [-0.05, 0) is 55.5 Å². The van der Waals surface area contributed by atoms with Crippen molar-refractivity contribution in [3.63, 3.8) is 0 Å². The van der Waals surface area contributed by atoms with E-state index in [1.807, 2.05) is 6.92 Å². The molecule has 1 aromatic heterocycles. The summed E-state index contributed by atoms with van der Waals surface area (Å²) in [5.74, 6) is 0.557. The van der Waals surface area contributed by atoms with Crippen molar-refractivity contribution in [1.29, 1.82) is 0 Å². The minimum Gasteiger partial charge on any atom is -0.428 e. The van der Waals surface area contributed by atoms with Crippen LogP contribution in [-0.4, -0.2) is 16.9 Å². The van der Waals surface area contributed by atoms with Crippen LogP contribution in [0.3, 0.4) is 0 Å². The summed E-state index contributed by atoms with van der Waals surface area (Å²) in [6, 6.07) is 5.37. The summed E-state index contributed by atoms with van der Waals surface area (Å²) in [4.78, 5) is 16.0. The van der Waals surface area contributed by atoms with Crippen molar-refractivity contribution in [2.24, 2.45) is 5.92 Å². The zero-order valence-electron chi connectivity index (χ0n) is 9.94. The molecule has 0 radical (unpaired) electrons. The summed E-state index contributed by atoms with van der Waals surface area (Å²) in [6.45, 7) is 2.04. The van der Waals surface area contributed by atoms with Gasteiger partial charge in [0.1, 0.15) is 5.52 Å². The maximum absolute atomic E-state index is 12.0. The van der Waals surface area contributed by atoms with Gasteiger partial charge in [0.15, 0.2) is 5.58 Å². The Kier molecular flexibility index (Phi) is 2.74. The third kappa shape index (κ3) is 2.20. The van der Waals surface area contributed by atoms with Crippen LogP contribution in [0.2, 0.25) is 5.35 Å². The number of hydrogen-bond acceptors (Lipinski definition) is 3. The summed E-state index contributed by atoms with van der Waals surface area (Å²) in [5.41, 5.74) is 1.77. The predicted molar refractivity (Wildman–Crippen MR) is 68.7 cm³/mol. The minimum atomic E-state index is -0.0798. The number of nitrogens with one attached hydrogen (secondary N) is 1. The van der Waals surface area contributed by atoms with Crippen LogP contribution in [0.5, 0.6) is 0 Å². The third-order valence-electron chi connectivity index (χ3n) is 3.31. The van der Waals surface area contributed by atoms with E-state index in [1.165, 1.54) is 12.8 Å². The molecule has 1 aromatic carbocycles. The van der Waals surface area contributed by atoms with Gasteiger partial charge in [0.25, 0.3) is 11.3 Å². The monoisotopic (exact) mass is 264 g/mol. The van der Waals surface area contributed by atoms with E-state index >= 15 is 0 Å². The SMILES string of the molecule is CC(NC(=O)c1ccc2nc(Cl)oc2c1)C1CC1. The van der Waals surface area contributed by atoms with E-state index < -0.39 is 0 Å². The summed E-state index contributed by atoms with van der Waals surface area (Å²) in [7, 11) is 0. The Morgan fingerprint density at radius 1 is 1.56 bits per heavy atom. The van der Waals surface area contributed by atoms with Crippen LogP contribution in [0.25, 0.3) is 11.1 Å². The Morgan fingerprint density at radius 2 is 2.33 bits per heavy atom. The first kappa shape index (κ1) is 11.5. The van der Waals surface area contributed by atoms with Crippen molar-refractivity contribution in [2.75, 3.05) is 0 Å². The average Bonchev–Trinajstić information content (AvgIpc) is 3.10. The van der Waals surface area contributed by atoms with Crippen molar-refractivity contribution >= 4 is 28.6 Å². The summed E-state index contributed by atoms with van der Waals surface area (Å²) in [6.07, 6.45) is 2.41. The topological polar surface area (TPSA) is 55.1 Å². The molecule has 1 saturated carbocycles. The van der Waals surface area contributed by atoms with Crippen LogP contribution >= 0.6 is 11.6 Å². The van der Waals surface area contributed by atoms with E-state index in [4.69, 9.17) is 16.0 Å². The van der Waals surface area contributed by atoms with Crippen molar-refractivity contribution in [3.8, 4) is 0 Å². The summed E-state index contributed by atoms with van der Waals surface area (Å²) >= 11 is 5.67. The third-order valence-corrected chi connectivity index (χ3v) is 3.47. The highest BCUT2D eigenvalue weighted by molar-refractivity contribution is 6.28. The lowest BCUT2D eigenvalue weighted by Crippen LogP contribution is -2.33. The molecular weight excluding hydrogens is 252 g/mol. The molecule has 18 heavy (non-hydrogen) atoms. The molecule has 4 nitrogen and oxygen atoms in total. The number of carbonyl (C=O) groups excluding carboxylic acids is 1. The van der Waals surface area contributed by atoms with Gasteiger partial charge in [-0.1, -0.05) is 0 Å². The Morgan fingerprint density at radius 3 is 3.06 bits per heavy atom. The van der Waals surface area contributed by atoms with Crippen LogP contribution in [0, 0.1) is 5.92 Å². The number of halogens is 1. The first-order valence-corrected chi connectivity index (χ1v) is 6.38. The Labute approximate surface area is 109 Å². The molecule has 1 heterocycles. The van der Waals surface area contributed by atoms with Crippen LogP contribution in [-0.2, 0) is 0 Å². The number of aromatic nitrogens is 1. The maximum Gasteiger partial charge on any atom is 0.293 e. The molecule has 1 aliphatic carbocycles. The second kappa shape index (κ2) is 4.28. The molecule has 3 rings (SSSR count). The van der Waals surface area contributed by atoms with Gasteiger partial charge >= 0.3 is 0 Å². The van der Waals surface area contributed by atoms with E-state index in [0.717, 1.165) is 0 Å². The second-order valence-electron chi connectivity index (χ2n) is 4.75. The van der Waals surface area contributed by atoms with Crippen LogP contribution < -0.4 is 5.32 Å². The number of benzene rings is 1. The fourth-order valence-electron chi connectivity index (χ4n) is 2.04. The zero-order valence-corrected chi connectivity index (χ0v) is 10.7. The Balaban J connectivity index is 1.81. The van der Waals surface area contributed by atoms with Crippen molar-refractivity contribution in [1.82, 2.24) is 10.3 Å². The Hall–Kier alpha value is -1.55. The standard InChI is InChI=1S/C13H13ClN2O2/c1-7(8-2-3-8)15-12(17)9-4-5-10-11(6-9)18-13(14)16-10/h4-8H,2-3H2,1H3,(H,15,17). The highest BCUT2D eigenvalue weighted by Gasteiger charge is 2.29. The van der Waals surface area contributed by atoms with E-state index in [0.29, 0.717) is 22.6 Å². The largest absolute Gasteiger partial charge is 0.428 e. The molecule has 94 valence electrons. The molecule has 0 aliphatic heterocycles. The molecular formula is C13H13ClN2O2. The van der Waals surface area contributed by atoms with Gasteiger partial charge in [0, 0.05) is 11.6 Å². The van der Waals surface area contributed by atoms with Crippen molar-refractivity contribution in [3.05, 3.63) is 29.1 Å². The highest BCUT2D eigenvalue weighted by Crippen LogP contribution is 2.32. The Bertz CT molecular complexity index is 604. The number of rotatable bonds is 3. The number of carbonyl (C=O) groups is 1. The summed E-state index contributed by atoms with van der Waals surface area (Å²) < 4.78 is 5.20. The van der Waals surface area contributed by atoms with Crippen molar-refractivity contribution in [2.45, 2.75) is 25.8 Å². The molecule has 0 bridgehead atoms. The van der Waals surface area contributed by atoms with E-state index in [2.05, 4.69) is 10.3 Å². The van der Waals surface area contributed by atoms with Gasteiger partial charge < -0.3 is 9.73 Å². The van der Waals surface area contributed by atoms with Crippen LogP contribution in [0.1, 0.15) is 30.1 Å². The van der Waals surface area contributed by atoms with Crippen LogP contribution in [0.15, 0.2) is 22.6 Å². The molecule has 1 atom stereocenters. The van der Waals surface area contributed by atoms with E-state index in [-0.39, 0.29) is 17.3 Å². The lowest BCUT2D eigenvalue weighted by atomic mass is 10.1. The number of hydrogen-bond donors (Lipinski definition) is 1. The lowest BCUT2D eigenvalue weighted by Gasteiger charge is -2.12. The molecule has 1 fully saturated rings. The minimum absolute atomic E-state index is 0.0798. The number of fused-ring (bicyclic) bond motifs is 1. The maximum atomic E-state index is 12.0. The van der Waals surface area contributed by atoms with Crippen molar-refractivity contribution < 1.29 is 9.21 Å². The predicted octanol–water partition coefficient (Wildman–Crippen LogP) is 3.01. The normalized spacial score (nSPS) is 16.8. The molecule has 0 saturated heterocycles. The van der Waals surface area contributed by atoms with Gasteiger partial charge in [-0.3, -0.25) is 4.79 Å². The fraction of sp³-hybridized carbons (Fsp3) is 0.385. The van der Waals surface area contributed by atoms with Gasteiger partial charge in [0.05, 0.1) is 0 Å². The molecule has 1 amide bonds. The molecule has 2 aromatic rings. The molecule has 0 spiro atoms. The van der Waals surface area contributed by atoms with Gasteiger partial charge in [-0.25, -0.2) is 0 Å². The lowest BCUT2D eigenvalue weighted by molar-refractivity contribution is 0.0936. The number of oxazole rings is 1. The second-order valence-corrected chi connectivity index (χ2v) is 5.07. The quantitative estimate of drug-likeness (QED) is 0.927. The average molecular weight is 265 g/mol. The van der Waals surface area contributed by atoms with Gasteiger partial charge in [0.2, 0.25) is 0 Å². The first-order chi connectivity index (χ1) is 8.63. The molecule has 5 heteroatoms. The molecule has 1 unspecified atom stereocenters.